The maximum absolute atomic E-state index is 11.8. The van der Waals surface area contributed by atoms with Crippen molar-refractivity contribution in [1.29, 1.82) is 0 Å². The number of carbonyl (C=O) groups is 4. The summed E-state index contributed by atoms with van der Waals surface area (Å²) in [4.78, 5) is 45.4. The van der Waals surface area contributed by atoms with Crippen LogP contribution in [0.1, 0.15) is 34.1 Å². The van der Waals surface area contributed by atoms with Crippen LogP contribution in [-0.4, -0.2) is 35.8 Å². The Balaban J connectivity index is 0.000000309. The number of rotatable bonds is 7. The third kappa shape index (κ3) is 7.66. The third-order valence-corrected chi connectivity index (χ3v) is 4.19. The first-order chi connectivity index (χ1) is 12.9. The van der Waals surface area contributed by atoms with Gasteiger partial charge in [0.2, 0.25) is 0 Å². The number of Topliss-reactive ketones (excluding diaryl/α,β-unsaturated/α-hetero) is 3. The fourth-order valence-electron chi connectivity index (χ4n) is 2.16. The molecule has 0 fully saturated rings. The number of esters is 1. The summed E-state index contributed by atoms with van der Waals surface area (Å²) in [5, 5.41) is 0.400. The molecule has 0 aliphatic carbocycles. The van der Waals surface area contributed by atoms with Crippen LogP contribution in [0.5, 0.6) is 0 Å². The van der Waals surface area contributed by atoms with Crippen molar-refractivity contribution in [3.8, 4) is 0 Å². The van der Waals surface area contributed by atoms with Crippen molar-refractivity contribution in [3.05, 3.63) is 71.8 Å². The van der Waals surface area contributed by atoms with E-state index in [1.807, 2.05) is 30.3 Å². The van der Waals surface area contributed by atoms with Crippen LogP contribution in [0.3, 0.4) is 0 Å². The van der Waals surface area contributed by atoms with E-state index in [1.165, 1.54) is 14.0 Å². The molecule has 0 heterocycles. The van der Waals surface area contributed by atoms with Gasteiger partial charge in [0, 0.05) is 17.5 Å². The van der Waals surface area contributed by atoms with Gasteiger partial charge in [-0.25, -0.2) is 0 Å². The van der Waals surface area contributed by atoms with Gasteiger partial charge in [-0.3, -0.25) is 19.2 Å². The molecular formula is C21H21BrO5. The van der Waals surface area contributed by atoms with Gasteiger partial charge < -0.3 is 4.74 Å². The first-order valence-electron chi connectivity index (χ1n) is 8.21. The third-order valence-electron chi connectivity index (χ3n) is 3.68. The Morgan fingerprint density at radius 2 is 1.30 bits per heavy atom. The fraction of sp³-hybridized carbons (Fsp3) is 0.238. The maximum Gasteiger partial charge on any atom is 0.316 e. The zero-order valence-corrected chi connectivity index (χ0v) is 16.8. The van der Waals surface area contributed by atoms with Crippen LogP contribution in [0.4, 0.5) is 0 Å². The van der Waals surface area contributed by atoms with Crippen molar-refractivity contribution in [1.82, 2.24) is 0 Å². The normalized spacial score (nSPS) is 10.8. The first-order valence-corrected chi connectivity index (χ1v) is 9.33. The second-order valence-corrected chi connectivity index (χ2v) is 6.16. The highest BCUT2D eigenvalue weighted by Gasteiger charge is 2.27. The van der Waals surface area contributed by atoms with Crippen LogP contribution >= 0.6 is 15.9 Å². The number of hydrogen-bond donors (Lipinski definition) is 0. The van der Waals surface area contributed by atoms with E-state index in [0.29, 0.717) is 10.9 Å². The molecule has 6 heteroatoms. The quantitative estimate of drug-likeness (QED) is 0.287. The highest BCUT2D eigenvalue weighted by atomic mass is 79.9. The highest BCUT2D eigenvalue weighted by Crippen LogP contribution is 2.12. The molecule has 0 bridgehead atoms. The Bertz CT molecular complexity index is 772. The van der Waals surface area contributed by atoms with Gasteiger partial charge in [-0.2, -0.15) is 0 Å². The molecule has 0 amide bonds. The lowest BCUT2D eigenvalue weighted by Gasteiger charge is -2.10. The molecule has 2 aromatic carbocycles. The molecule has 0 radical (unpaired) electrons. The molecule has 0 N–H and O–H groups in total. The summed E-state index contributed by atoms with van der Waals surface area (Å²) in [5.74, 6) is -2.15. The molecular weight excluding hydrogens is 412 g/mol. The van der Waals surface area contributed by atoms with Gasteiger partial charge in [-0.05, 0) is 6.92 Å². The smallest absolute Gasteiger partial charge is 0.316 e. The summed E-state index contributed by atoms with van der Waals surface area (Å²) in [6.45, 7) is 1.28. The Labute approximate surface area is 166 Å². The Hall–Kier alpha value is -2.60. The zero-order valence-electron chi connectivity index (χ0n) is 15.2. The molecule has 0 aromatic heterocycles. The lowest BCUT2D eigenvalue weighted by Crippen LogP contribution is -2.26. The number of ether oxygens (including phenoxy) is 1. The number of halogens is 1. The van der Waals surface area contributed by atoms with E-state index in [0.717, 1.165) is 5.56 Å². The van der Waals surface area contributed by atoms with Crippen LogP contribution in [0.15, 0.2) is 60.7 Å². The van der Waals surface area contributed by atoms with E-state index in [-0.39, 0.29) is 23.8 Å². The number of alkyl halides is 1. The van der Waals surface area contributed by atoms with Crippen molar-refractivity contribution in [2.75, 3.05) is 12.4 Å². The molecule has 0 saturated heterocycles. The summed E-state index contributed by atoms with van der Waals surface area (Å²) in [6.07, 6.45) is -0.147. The molecule has 1 unspecified atom stereocenters. The average molecular weight is 433 g/mol. The lowest BCUT2D eigenvalue weighted by molar-refractivity contribution is -0.148. The summed E-state index contributed by atoms with van der Waals surface area (Å²) >= 11 is 3.10. The maximum atomic E-state index is 11.8. The Morgan fingerprint density at radius 1 is 0.852 bits per heavy atom. The van der Waals surface area contributed by atoms with Gasteiger partial charge in [0.15, 0.2) is 11.6 Å². The van der Waals surface area contributed by atoms with Gasteiger partial charge in [-0.15, -0.1) is 0 Å². The van der Waals surface area contributed by atoms with E-state index in [9.17, 15) is 19.2 Å². The van der Waals surface area contributed by atoms with Crippen LogP contribution in [0, 0.1) is 5.92 Å². The number of carbonyl (C=O) groups excluding carboxylic acids is 4. The van der Waals surface area contributed by atoms with E-state index in [1.54, 1.807) is 30.3 Å². The number of methoxy groups -OCH3 is 1. The van der Waals surface area contributed by atoms with Crippen LogP contribution in [0.2, 0.25) is 0 Å². The predicted octanol–water partition coefficient (Wildman–Crippen LogP) is 3.90. The fourth-order valence-corrected chi connectivity index (χ4v) is 2.49. The summed E-state index contributed by atoms with van der Waals surface area (Å²) in [7, 11) is 1.20. The largest absolute Gasteiger partial charge is 0.468 e. The van der Waals surface area contributed by atoms with Crippen molar-refractivity contribution in [3.63, 3.8) is 0 Å². The molecule has 0 aliphatic heterocycles. The molecule has 1 atom stereocenters. The van der Waals surface area contributed by atoms with E-state index < -0.39 is 11.9 Å². The van der Waals surface area contributed by atoms with Crippen molar-refractivity contribution in [2.45, 2.75) is 13.3 Å². The molecule has 5 nitrogen and oxygen atoms in total. The topological polar surface area (TPSA) is 77.5 Å². The minimum atomic E-state index is -1.01. The van der Waals surface area contributed by atoms with E-state index in [2.05, 4.69) is 20.7 Å². The van der Waals surface area contributed by atoms with Gasteiger partial charge in [0.25, 0.3) is 0 Å². The number of hydrogen-bond acceptors (Lipinski definition) is 5. The standard InChI is InChI=1S/C13H14O4.C8H7BrO/c1-9(14)11(13(16)17-2)8-12(15)10-6-4-3-5-7-10;9-6-8(10)7-4-2-1-3-5-7/h3-7,11H,8H2,1-2H3;1-5H,6H2. The Morgan fingerprint density at radius 3 is 1.67 bits per heavy atom. The van der Waals surface area contributed by atoms with Crippen LogP contribution < -0.4 is 0 Å². The second-order valence-electron chi connectivity index (χ2n) is 5.60. The van der Waals surface area contributed by atoms with E-state index >= 15 is 0 Å². The van der Waals surface area contributed by atoms with Gasteiger partial charge in [0.1, 0.15) is 11.7 Å². The summed E-state index contributed by atoms with van der Waals surface area (Å²) in [5.41, 5.74) is 1.25. The first kappa shape index (κ1) is 22.4. The molecule has 142 valence electrons. The molecule has 0 aliphatic rings. The van der Waals surface area contributed by atoms with E-state index in [4.69, 9.17) is 0 Å². The molecule has 27 heavy (non-hydrogen) atoms. The van der Waals surface area contributed by atoms with Crippen molar-refractivity contribution >= 4 is 39.2 Å². The van der Waals surface area contributed by atoms with Crippen molar-refractivity contribution < 1.29 is 23.9 Å². The number of benzene rings is 2. The zero-order chi connectivity index (χ0) is 20.2. The SMILES string of the molecule is COC(=O)C(CC(=O)c1ccccc1)C(C)=O.O=C(CBr)c1ccccc1. The molecule has 0 saturated carbocycles. The number of ketones is 3. The minimum Gasteiger partial charge on any atom is -0.468 e. The lowest BCUT2D eigenvalue weighted by atomic mass is 9.95. The van der Waals surface area contributed by atoms with Gasteiger partial charge in [-0.1, -0.05) is 76.6 Å². The highest BCUT2D eigenvalue weighted by molar-refractivity contribution is 9.09. The van der Waals surface area contributed by atoms with Crippen molar-refractivity contribution in [2.24, 2.45) is 5.92 Å². The predicted molar refractivity (Wildman–Crippen MR) is 106 cm³/mol. The molecule has 0 spiro atoms. The Kier molecular flexibility index (Phi) is 9.90. The summed E-state index contributed by atoms with van der Waals surface area (Å²) < 4.78 is 4.50. The van der Waals surface area contributed by atoms with Crippen LogP contribution in [-0.2, 0) is 14.3 Å². The van der Waals surface area contributed by atoms with Crippen LogP contribution in [0.25, 0.3) is 0 Å². The van der Waals surface area contributed by atoms with Gasteiger partial charge >= 0.3 is 5.97 Å². The molecule has 2 aromatic rings. The van der Waals surface area contributed by atoms with Gasteiger partial charge in [0.05, 0.1) is 12.4 Å². The average Bonchev–Trinajstić information content (AvgIpc) is 2.72. The monoisotopic (exact) mass is 432 g/mol. The molecule has 2 rings (SSSR count). The summed E-state index contributed by atoms with van der Waals surface area (Å²) in [6, 6.07) is 17.8. The second kappa shape index (κ2) is 11.9. The minimum absolute atomic E-state index is 0.126.